The van der Waals surface area contributed by atoms with Crippen molar-refractivity contribution in [2.24, 2.45) is 0 Å². The van der Waals surface area contributed by atoms with Gasteiger partial charge >= 0.3 is 6.36 Å². The molecule has 0 atom stereocenters. The Morgan fingerprint density at radius 2 is 1.94 bits per heavy atom. The van der Waals surface area contributed by atoms with Gasteiger partial charge in [-0.1, -0.05) is 12.1 Å². The molecule has 0 aliphatic carbocycles. The van der Waals surface area contributed by atoms with Crippen molar-refractivity contribution < 1.29 is 22.7 Å². The molecule has 8 nitrogen and oxygen atoms in total. The van der Waals surface area contributed by atoms with E-state index in [0.717, 1.165) is 23.4 Å². The lowest BCUT2D eigenvalue weighted by Crippen LogP contribution is -2.18. The summed E-state index contributed by atoms with van der Waals surface area (Å²) in [6.07, 6.45) is 2.02. The van der Waals surface area contributed by atoms with Crippen LogP contribution >= 0.6 is 0 Å². The minimum atomic E-state index is -4.84. The highest BCUT2D eigenvalue weighted by Gasteiger charge is 2.31. The molecule has 0 bridgehead atoms. The summed E-state index contributed by atoms with van der Waals surface area (Å²) in [7, 11) is 0. The Balaban J connectivity index is 1.49. The third-order valence-corrected chi connectivity index (χ3v) is 4.65. The molecule has 0 spiro atoms. The van der Waals surface area contributed by atoms with E-state index in [1.165, 1.54) is 12.1 Å². The van der Waals surface area contributed by atoms with Crippen molar-refractivity contribution in [1.29, 1.82) is 0 Å². The molecule has 1 amide bonds. The number of amides is 1. The standard InChI is InChI=1S/C23H19F3N6O2/c1-14-5-6-16(30-21(33)15-3-2-4-17(11-15)34-23(24,25)26)12-19(14)32-22-29-8-7-18(31-22)20-13-27-9-10-28-20/h2-13,27-28H,1H3,(H,30,33)(H,29,31,32). The number of benzene rings is 2. The monoisotopic (exact) mass is 468 g/mol. The third kappa shape index (κ3) is 5.82. The second-order valence-corrected chi connectivity index (χ2v) is 7.15. The normalized spacial score (nSPS) is 12.8. The molecule has 1 aliphatic heterocycles. The smallest absolute Gasteiger partial charge is 0.406 e. The van der Waals surface area contributed by atoms with E-state index >= 15 is 0 Å². The van der Waals surface area contributed by atoms with Crippen molar-refractivity contribution in [3.63, 3.8) is 0 Å². The van der Waals surface area contributed by atoms with Gasteiger partial charge in [0.1, 0.15) is 5.75 Å². The van der Waals surface area contributed by atoms with Crippen LogP contribution < -0.4 is 26.0 Å². The molecular weight excluding hydrogens is 449 g/mol. The number of anilines is 3. The molecule has 0 radical (unpaired) electrons. The number of carbonyl (C=O) groups is 1. The first-order valence-electron chi connectivity index (χ1n) is 10.0. The molecule has 0 fully saturated rings. The molecule has 4 rings (SSSR count). The van der Waals surface area contributed by atoms with E-state index in [2.05, 4.69) is 36.0 Å². The number of aryl methyl sites for hydroxylation is 1. The van der Waals surface area contributed by atoms with Gasteiger partial charge in [0.15, 0.2) is 0 Å². The van der Waals surface area contributed by atoms with Crippen LogP contribution in [0.4, 0.5) is 30.5 Å². The van der Waals surface area contributed by atoms with E-state index in [0.29, 0.717) is 23.0 Å². The summed E-state index contributed by atoms with van der Waals surface area (Å²) >= 11 is 0. The highest BCUT2D eigenvalue weighted by molar-refractivity contribution is 6.04. The molecule has 1 aliphatic rings. The highest BCUT2D eigenvalue weighted by atomic mass is 19.4. The number of alkyl halides is 3. The quantitative estimate of drug-likeness (QED) is 0.418. The van der Waals surface area contributed by atoms with Gasteiger partial charge in [-0.3, -0.25) is 4.79 Å². The second kappa shape index (κ2) is 9.53. The molecule has 11 heteroatoms. The van der Waals surface area contributed by atoms with E-state index in [-0.39, 0.29) is 5.56 Å². The van der Waals surface area contributed by atoms with E-state index in [4.69, 9.17) is 0 Å². The van der Waals surface area contributed by atoms with Crippen LogP contribution in [-0.4, -0.2) is 22.2 Å². The number of rotatable bonds is 6. The SMILES string of the molecule is Cc1ccc(NC(=O)c2cccc(OC(F)(F)F)c2)cc1Nc1nccc(C2=CNC=CN2)n1. The molecular formula is C23H19F3N6O2. The number of hydrogen-bond acceptors (Lipinski definition) is 7. The van der Waals surface area contributed by atoms with E-state index < -0.39 is 18.0 Å². The number of aromatic nitrogens is 2. The molecule has 2 aromatic carbocycles. The number of nitrogens with one attached hydrogen (secondary N) is 4. The van der Waals surface area contributed by atoms with Crippen LogP contribution in [-0.2, 0) is 0 Å². The van der Waals surface area contributed by atoms with Gasteiger partial charge in [-0.25, -0.2) is 9.97 Å². The maximum atomic E-state index is 12.6. The molecule has 0 saturated carbocycles. The van der Waals surface area contributed by atoms with Crippen molar-refractivity contribution in [3.8, 4) is 5.75 Å². The minimum Gasteiger partial charge on any atom is -0.406 e. The Hall–Kier alpha value is -4.54. The Labute approximate surface area is 192 Å². The zero-order chi connectivity index (χ0) is 24.1. The van der Waals surface area contributed by atoms with E-state index in [9.17, 15) is 18.0 Å². The largest absolute Gasteiger partial charge is 0.573 e. The summed E-state index contributed by atoms with van der Waals surface area (Å²) in [5.74, 6) is -0.716. The molecule has 34 heavy (non-hydrogen) atoms. The van der Waals surface area contributed by atoms with Crippen LogP contribution in [0.5, 0.6) is 5.75 Å². The Kier molecular flexibility index (Phi) is 6.35. The van der Waals surface area contributed by atoms with Crippen molar-refractivity contribution in [2.75, 3.05) is 10.6 Å². The van der Waals surface area contributed by atoms with Gasteiger partial charge in [0.05, 0.1) is 11.4 Å². The number of ether oxygens (including phenoxy) is 1. The molecule has 174 valence electrons. The van der Waals surface area contributed by atoms with Crippen molar-refractivity contribution in [2.45, 2.75) is 13.3 Å². The number of hydrogen-bond donors (Lipinski definition) is 4. The summed E-state index contributed by atoms with van der Waals surface area (Å²) < 4.78 is 41.3. The lowest BCUT2D eigenvalue weighted by Gasteiger charge is -2.14. The zero-order valence-corrected chi connectivity index (χ0v) is 17.8. The van der Waals surface area contributed by atoms with Gasteiger partial charge in [-0.05, 0) is 48.9 Å². The fourth-order valence-corrected chi connectivity index (χ4v) is 3.06. The van der Waals surface area contributed by atoms with Crippen LogP contribution in [0.3, 0.4) is 0 Å². The zero-order valence-electron chi connectivity index (χ0n) is 17.8. The van der Waals surface area contributed by atoms with E-state index in [1.807, 2.05) is 6.92 Å². The first-order chi connectivity index (χ1) is 16.3. The topological polar surface area (TPSA) is 100 Å². The molecule has 4 N–H and O–H groups in total. The lowest BCUT2D eigenvalue weighted by atomic mass is 10.1. The van der Waals surface area contributed by atoms with Gasteiger partial charge in [0.2, 0.25) is 5.95 Å². The Morgan fingerprint density at radius 3 is 2.71 bits per heavy atom. The molecule has 1 aromatic heterocycles. The summed E-state index contributed by atoms with van der Waals surface area (Å²) in [4.78, 5) is 21.3. The average molecular weight is 468 g/mol. The number of halogens is 3. The fraction of sp³-hybridized carbons (Fsp3) is 0.0870. The number of nitrogens with zero attached hydrogens (tertiary/aromatic N) is 2. The fourth-order valence-electron chi connectivity index (χ4n) is 3.06. The van der Waals surface area contributed by atoms with Gasteiger partial charge in [0.25, 0.3) is 5.91 Å². The molecule has 3 aromatic rings. The van der Waals surface area contributed by atoms with Gasteiger partial charge < -0.3 is 26.0 Å². The first-order valence-corrected chi connectivity index (χ1v) is 10.0. The average Bonchev–Trinajstić information content (AvgIpc) is 2.81. The molecule has 0 saturated heterocycles. The predicted molar refractivity (Wildman–Crippen MR) is 121 cm³/mol. The minimum absolute atomic E-state index is 0.0174. The van der Waals surface area contributed by atoms with Crippen LogP contribution in [0.15, 0.2) is 73.3 Å². The maximum Gasteiger partial charge on any atom is 0.573 e. The van der Waals surface area contributed by atoms with Crippen molar-refractivity contribution in [3.05, 3.63) is 90.1 Å². The highest BCUT2D eigenvalue weighted by Crippen LogP contribution is 2.26. The molecule has 0 unspecified atom stereocenters. The summed E-state index contributed by atoms with van der Waals surface area (Å²) in [5, 5.41) is 11.9. The van der Waals surface area contributed by atoms with Crippen LogP contribution in [0.1, 0.15) is 21.6 Å². The lowest BCUT2D eigenvalue weighted by molar-refractivity contribution is -0.274. The number of carbonyl (C=O) groups excluding carboxylic acids is 1. The third-order valence-electron chi connectivity index (χ3n) is 4.65. The maximum absolute atomic E-state index is 12.6. The van der Waals surface area contributed by atoms with Crippen molar-refractivity contribution >= 4 is 28.9 Å². The second-order valence-electron chi connectivity index (χ2n) is 7.15. The van der Waals surface area contributed by atoms with Crippen molar-refractivity contribution in [1.82, 2.24) is 20.6 Å². The summed E-state index contributed by atoms with van der Waals surface area (Å²) in [6, 6.07) is 11.7. The predicted octanol–water partition coefficient (Wildman–Crippen LogP) is 4.64. The van der Waals surface area contributed by atoms with Gasteiger partial charge in [0, 0.05) is 41.7 Å². The summed E-state index contributed by atoms with van der Waals surface area (Å²) in [5.41, 5.74) is 3.39. The van der Waals surface area contributed by atoms with E-state index in [1.54, 1.807) is 49.1 Å². The Morgan fingerprint density at radius 1 is 1.09 bits per heavy atom. The summed E-state index contributed by atoms with van der Waals surface area (Å²) in [6.45, 7) is 1.87. The van der Waals surface area contributed by atoms with Crippen LogP contribution in [0, 0.1) is 6.92 Å². The van der Waals surface area contributed by atoms with Gasteiger partial charge in [-0.2, -0.15) is 0 Å². The first kappa shape index (κ1) is 22.6. The Bertz CT molecular complexity index is 1270. The van der Waals surface area contributed by atoms with Crippen LogP contribution in [0.2, 0.25) is 0 Å². The molecule has 2 heterocycles. The van der Waals surface area contributed by atoms with Gasteiger partial charge in [-0.15, -0.1) is 13.2 Å². The van der Waals surface area contributed by atoms with Crippen LogP contribution in [0.25, 0.3) is 5.70 Å².